The van der Waals surface area contributed by atoms with Crippen LogP contribution in [0.25, 0.3) is 0 Å². The van der Waals surface area contributed by atoms with Gasteiger partial charge in [0.15, 0.2) is 0 Å². The Balaban J connectivity index is 1.87. The third-order valence-electron chi connectivity index (χ3n) is 3.38. The summed E-state index contributed by atoms with van der Waals surface area (Å²) in [6, 6.07) is 7.64. The number of hydrogen-bond acceptors (Lipinski definition) is 3. The van der Waals surface area contributed by atoms with Gasteiger partial charge in [0.1, 0.15) is 6.10 Å². The van der Waals surface area contributed by atoms with E-state index in [9.17, 15) is 5.11 Å². The number of hydrogen-bond donors (Lipinski definition) is 1. The second kappa shape index (κ2) is 4.31. The first-order chi connectivity index (χ1) is 8.24. The molecule has 2 aliphatic rings. The molecular formula is C13H14ClNO2. The van der Waals surface area contributed by atoms with Gasteiger partial charge in [0.2, 0.25) is 5.90 Å². The van der Waals surface area contributed by atoms with Crippen LogP contribution in [0.1, 0.15) is 24.8 Å². The van der Waals surface area contributed by atoms with Crippen LogP contribution in [0.15, 0.2) is 29.3 Å². The second-order valence-corrected chi connectivity index (χ2v) is 5.01. The molecule has 1 N–H and O–H groups in total. The summed E-state index contributed by atoms with van der Waals surface area (Å²) in [6.45, 7) is 0. The Morgan fingerprint density at radius 3 is 2.94 bits per heavy atom. The van der Waals surface area contributed by atoms with E-state index >= 15 is 0 Å². The molecule has 0 bridgehead atoms. The van der Waals surface area contributed by atoms with Gasteiger partial charge in [0.05, 0.1) is 22.7 Å². The maximum Gasteiger partial charge on any atom is 0.218 e. The second-order valence-electron chi connectivity index (χ2n) is 4.60. The minimum Gasteiger partial charge on any atom is -0.472 e. The number of aliphatic imine (C=N–C) groups is 1. The fourth-order valence-electron chi connectivity index (χ4n) is 2.46. The highest BCUT2D eigenvalue weighted by Crippen LogP contribution is 2.31. The van der Waals surface area contributed by atoms with Crippen LogP contribution in [0, 0.1) is 0 Å². The summed E-state index contributed by atoms with van der Waals surface area (Å²) in [5.41, 5.74) is 0.845. The SMILES string of the molecule is OC1CCC2OC(c3ccccc3Cl)=NC2C1. The van der Waals surface area contributed by atoms with E-state index in [1.54, 1.807) is 0 Å². The average Bonchev–Trinajstić information content (AvgIpc) is 2.72. The maximum atomic E-state index is 9.62. The van der Waals surface area contributed by atoms with E-state index in [1.807, 2.05) is 24.3 Å². The lowest BCUT2D eigenvalue weighted by molar-refractivity contribution is 0.0625. The predicted octanol–water partition coefficient (Wildman–Crippen LogP) is 2.40. The van der Waals surface area contributed by atoms with Gasteiger partial charge in [-0.2, -0.15) is 0 Å². The van der Waals surface area contributed by atoms with Crippen molar-refractivity contribution in [1.29, 1.82) is 0 Å². The molecule has 1 heterocycles. The van der Waals surface area contributed by atoms with Crippen LogP contribution < -0.4 is 0 Å². The number of aliphatic hydroxyl groups is 1. The standard InChI is InChI=1S/C13H14ClNO2/c14-10-4-2-1-3-9(10)13-15-11-7-8(16)5-6-12(11)17-13/h1-4,8,11-12,16H,5-7H2. The molecule has 1 aromatic rings. The summed E-state index contributed by atoms with van der Waals surface area (Å²) >= 11 is 6.12. The van der Waals surface area contributed by atoms with Crippen molar-refractivity contribution in [2.75, 3.05) is 0 Å². The minimum absolute atomic E-state index is 0.0880. The van der Waals surface area contributed by atoms with Gasteiger partial charge < -0.3 is 9.84 Å². The first kappa shape index (κ1) is 11.1. The lowest BCUT2D eigenvalue weighted by Gasteiger charge is -2.26. The van der Waals surface area contributed by atoms with Gasteiger partial charge in [0, 0.05) is 0 Å². The number of fused-ring (bicyclic) bond motifs is 1. The van der Waals surface area contributed by atoms with Gasteiger partial charge in [-0.05, 0) is 31.4 Å². The highest BCUT2D eigenvalue weighted by atomic mass is 35.5. The quantitative estimate of drug-likeness (QED) is 0.833. The summed E-state index contributed by atoms with van der Waals surface area (Å²) < 4.78 is 5.84. The summed E-state index contributed by atoms with van der Waals surface area (Å²) in [5.74, 6) is 0.625. The number of nitrogens with zero attached hydrogens (tertiary/aromatic N) is 1. The Bertz CT molecular complexity index is 460. The van der Waals surface area contributed by atoms with Crippen LogP contribution in [0.5, 0.6) is 0 Å². The lowest BCUT2D eigenvalue weighted by Crippen LogP contribution is -2.33. The average molecular weight is 252 g/mol. The number of aliphatic hydroxyl groups excluding tert-OH is 1. The number of rotatable bonds is 1. The molecule has 1 aliphatic carbocycles. The van der Waals surface area contributed by atoms with Crippen LogP contribution in [-0.4, -0.2) is 29.3 Å². The molecule has 3 unspecified atom stereocenters. The summed E-state index contributed by atoms with van der Waals surface area (Å²) in [4.78, 5) is 4.54. The largest absolute Gasteiger partial charge is 0.472 e. The third kappa shape index (κ3) is 2.05. The Morgan fingerprint density at radius 1 is 1.29 bits per heavy atom. The molecule has 0 aromatic heterocycles. The summed E-state index contributed by atoms with van der Waals surface area (Å²) in [6.07, 6.45) is 2.23. The molecule has 90 valence electrons. The Hall–Kier alpha value is -1.06. The van der Waals surface area contributed by atoms with E-state index in [0.29, 0.717) is 17.3 Å². The Labute approximate surface area is 105 Å². The van der Waals surface area contributed by atoms with Crippen molar-refractivity contribution in [1.82, 2.24) is 0 Å². The highest BCUT2D eigenvalue weighted by molar-refractivity contribution is 6.33. The van der Waals surface area contributed by atoms with Gasteiger partial charge >= 0.3 is 0 Å². The third-order valence-corrected chi connectivity index (χ3v) is 3.71. The summed E-state index contributed by atoms with van der Waals surface area (Å²) in [5, 5.41) is 10.3. The molecule has 4 heteroatoms. The monoisotopic (exact) mass is 251 g/mol. The molecule has 3 nitrogen and oxygen atoms in total. The van der Waals surface area contributed by atoms with E-state index in [0.717, 1.165) is 18.4 Å². The molecule has 1 saturated carbocycles. The zero-order chi connectivity index (χ0) is 11.8. The van der Waals surface area contributed by atoms with Gasteiger partial charge in [-0.1, -0.05) is 23.7 Å². The zero-order valence-electron chi connectivity index (χ0n) is 9.34. The predicted molar refractivity (Wildman–Crippen MR) is 66.5 cm³/mol. The van der Waals surface area contributed by atoms with Crippen molar-refractivity contribution < 1.29 is 9.84 Å². The fraction of sp³-hybridized carbons (Fsp3) is 0.462. The van der Waals surface area contributed by atoms with Crippen molar-refractivity contribution in [3.8, 4) is 0 Å². The van der Waals surface area contributed by atoms with E-state index in [1.165, 1.54) is 0 Å². The number of halogens is 1. The molecule has 0 amide bonds. The fourth-order valence-corrected chi connectivity index (χ4v) is 2.68. The topological polar surface area (TPSA) is 41.8 Å². The van der Waals surface area contributed by atoms with Crippen LogP contribution in [-0.2, 0) is 4.74 Å². The number of benzene rings is 1. The molecule has 0 radical (unpaired) electrons. The van der Waals surface area contributed by atoms with Crippen molar-refractivity contribution in [3.05, 3.63) is 34.9 Å². The molecule has 3 rings (SSSR count). The van der Waals surface area contributed by atoms with Crippen LogP contribution in [0.4, 0.5) is 0 Å². The smallest absolute Gasteiger partial charge is 0.218 e. The Kier molecular flexibility index (Phi) is 2.81. The van der Waals surface area contributed by atoms with E-state index < -0.39 is 0 Å². The van der Waals surface area contributed by atoms with Gasteiger partial charge in [0.25, 0.3) is 0 Å². The highest BCUT2D eigenvalue weighted by Gasteiger charge is 2.37. The van der Waals surface area contributed by atoms with Crippen molar-refractivity contribution >= 4 is 17.5 Å². The van der Waals surface area contributed by atoms with Crippen molar-refractivity contribution in [2.24, 2.45) is 4.99 Å². The van der Waals surface area contributed by atoms with Crippen molar-refractivity contribution in [2.45, 2.75) is 37.5 Å². The molecular weight excluding hydrogens is 238 g/mol. The molecule has 1 fully saturated rings. The van der Waals surface area contributed by atoms with Gasteiger partial charge in [-0.15, -0.1) is 0 Å². The minimum atomic E-state index is -0.241. The number of ether oxygens (including phenoxy) is 1. The van der Waals surface area contributed by atoms with Crippen LogP contribution in [0.3, 0.4) is 0 Å². The van der Waals surface area contributed by atoms with Crippen LogP contribution >= 0.6 is 11.6 Å². The molecule has 17 heavy (non-hydrogen) atoms. The van der Waals surface area contributed by atoms with Crippen LogP contribution in [0.2, 0.25) is 5.02 Å². The molecule has 0 saturated heterocycles. The molecule has 1 aliphatic heterocycles. The maximum absolute atomic E-state index is 9.62. The van der Waals surface area contributed by atoms with Gasteiger partial charge in [-0.3, -0.25) is 0 Å². The molecule has 3 atom stereocenters. The summed E-state index contributed by atoms with van der Waals surface area (Å²) in [7, 11) is 0. The Morgan fingerprint density at radius 2 is 2.12 bits per heavy atom. The van der Waals surface area contributed by atoms with E-state index in [-0.39, 0.29) is 18.2 Å². The van der Waals surface area contributed by atoms with E-state index in [2.05, 4.69) is 4.99 Å². The molecule has 1 aromatic carbocycles. The first-order valence-corrected chi connectivity index (χ1v) is 6.29. The van der Waals surface area contributed by atoms with Crippen molar-refractivity contribution in [3.63, 3.8) is 0 Å². The van der Waals surface area contributed by atoms with E-state index in [4.69, 9.17) is 16.3 Å². The molecule has 0 spiro atoms. The van der Waals surface area contributed by atoms with Gasteiger partial charge in [-0.25, -0.2) is 4.99 Å². The first-order valence-electron chi connectivity index (χ1n) is 5.91. The normalized spacial score (nSPS) is 31.6. The zero-order valence-corrected chi connectivity index (χ0v) is 10.1. The lowest BCUT2D eigenvalue weighted by atomic mass is 9.91.